The van der Waals surface area contributed by atoms with Crippen LogP contribution in [0.1, 0.15) is 15.9 Å². The molecule has 2 amide bonds. The molecule has 12 heteroatoms. The molecule has 3 N–H and O–H groups in total. The van der Waals surface area contributed by atoms with Crippen molar-refractivity contribution >= 4 is 44.9 Å². The molecular formula is C31H28FN5O5S. The van der Waals surface area contributed by atoms with Gasteiger partial charge in [0.05, 0.1) is 40.1 Å². The summed E-state index contributed by atoms with van der Waals surface area (Å²) in [6.45, 7) is 2.09. The first kappa shape index (κ1) is 29.6. The van der Waals surface area contributed by atoms with Crippen LogP contribution in [0.3, 0.4) is 0 Å². The van der Waals surface area contributed by atoms with E-state index in [9.17, 15) is 9.59 Å². The molecule has 220 valence electrons. The fraction of sp³-hybridized carbons (Fsp3) is 0.161. The van der Waals surface area contributed by atoms with Gasteiger partial charge in [0.1, 0.15) is 5.75 Å². The Bertz CT molecular complexity index is 1740. The summed E-state index contributed by atoms with van der Waals surface area (Å²) in [5, 5.41) is 8.47. The number of nitrogens with one attached hydrogen (secondary N) is 3. The van der Waals surface area contributed by atoms with Crippen molar-refractivity contribution in [3.8, 4) is 22.1 Å². The number of esters is 1. The van der Waals surface area contributed by atoms with Crippen molar-refractivity contribution in [1.29, 1.82) is 0 Å². The number of ether oxygens (including phenoxy) is 3. The van der Waals surface area contributed by atoms with Crippen molar-refractivity contribution in [3.05, 3.63) is 96.1 Å². The second-order valence-corrected chi connectivity index (χ2v) is 10.3. The summed E-state index contributed by atoms with van der Waals surface area (Å²) in [6, 6.07) is 17.3. The lowest BCUT2D eigenvalue weighted by atomic mass is 10.2. The van der Waals surface area contributed by atoms with Crippen LogP contribution in [0.4, 0.5) is 20.6 Å². The number of carbonyl (C=O) groups is 2. The van der Waals surface area contributed by atoms with Gasteiger partial charge in [-0.3, -0.25) is 9.97 Å². The van der Waals surface area contributed by atoms with Crippen molar-refractivity contribution in [2.24, 2.45) is 0 Å². The van der Waals surface area contributed by atoms with E-state index >= 15 is 4.39 Å². The Morgan fingerprint density at radius 2 is 1.77 bits per heavy atom. The van der Waals surface area contributed by atoms with Crippen molar-refractivity contribution in [1.82, 2.24) is 15.3 Å². The van der Waals surface area contributed by atoms with Crippen molar-refractivity contribution < 1.29 is 28.2 Å². The number of thiophene rings is 1. The van der Waals surface area contributed by atoms with Crippen LogP contribution in [0, 0.1) is 5.82 Å². The molecule has 0 saturated heterocycles. The Morgan fingerprint density at radius 3 is 2.51 bits per heavy atom. The average Bonchev–Trinajstić information content (AvgIpc) is 3.46. The lowest BCUT2D eigenvalue weighted by Gasteiger charge is -2.11. The quantitative estimate of drug-likeness (QED) is 0.117. The zero-order valence-electron chi connectivity index (χ0n) is 23.3. The average molecular weight is 602 g/mol. The molecule has 5 aromatic rings. The van der Waals surface area contributed by atoms with Gasteiger partial charge < -0.3 is 30.2 Å². The van der Waals surface area contributed by atoms with E-state index in [4.69, 9.17) is 14.2 Å². The number of carbonyl (C=O) groups excluding carboxylic acids is 2. The highest BCUT2D eigenvalue weighted by molar-refractivity contribution is 7.22. The molecule has 0 spiro atoms. The topological polar surface area (TPSA) is 124 Å². The van der Waals surface area contributed by atoms with Crippen molar-refractivity contribution in [3.63, 3.8) is 0 Å². The van der Waals surface area contributed by atoms with Crippen LogP contribution in [0.15, 0.2) is 79.1 Å². The van der Waals surface area contributed by atoms with Crippen LogP contribution in [-0.2, 0) is 16.0 Å². The zero-order chi connectivity index (χ0) is 30.2. The third-order valence-electron chi connectivity index (χ3n) is 6.22. The largest absolute Gasteiger partial charge is 0.465 e. The Morgan fingerprint density at radius 1 is 0.930 bits per heavy atom. The SMILES string of the molecule is COCCNCc1ccc(-c2cc3nccc(Oc4ccc(NC(=O)Nc5cccc(C(=O)OC)c5)cc4F)c3s2)nc1. The van der Waals surface area contributed by atoms with Gasteiger partial charge in [0, 0.05) is 56.1 Å². The Labute approximate surface area is 250 Å². The minimum atomic E-state index is -0.663. The number of rotatable bonds is 11. The number of urea groups is 1. The second-order valence-electron chi connectivity index (χ2n) is 9.25. The van der Waals surface area contributed by atoms with E-state index in [1.165, 1.54) is 36.6 Å². The monoisotopic (exact) mass is 601 g/mol. The lowest BCUT2D eigenvalue weighted by molar-refractivity contribution is 0.0600. The number of nitrogens with zero attached hydrogens (tertiary/aromatic N) is 2. The van der Waals surface area contributed by atoms with Gasteiger partial charge in [-0.1, -0.05) is 12.1 Å². The van der Waals surface area contributed by atoms with Gasteiger partial charge in [0.15, 0.2) is 11.6 Å². The summed E-state index contributed by atoms with van der Waals surface area (Å²) in [6.07, 6.45) is 3.43. The summed E-state index contributed by atoms with van der Waals surface area (Å²) < 4.78 is 31.5. The molecule has 5 rings (SSSR count). The number of anilines is 2. The van der Waals surface area contributed by atoms with E-state index in [2.05, 4.69) is 25.9 Å². The van der Waals surface area contributed by atoms with Crippen LogP contribution in [0.25, 0.3) is 20.8 Å². The number of fused-ring (bicyclic) bond motifs is 1. The molecule has 3 heterocycles. The Balaban J connectivity index is 1.25. The first-order chi connectivity index (χ1) is 20.9. The maximum atomic E-state index is 15.1. The maximum absolute atomic E-state index is 15.1. The summed E-state index contributed by atoms with van der Waals surface area (Å²) in [4.78, 5) is 34.1. The molecule has 0 aliphatic heterocycles. The van der Waals surface area contributed by atoms with E-state index < -0.39 is 17.8 Å². The molecule has 0 bridgehead atoms. The summed E-state index contributed by atoms with van der Waals surface area (Å²) in [7, 11) is 2.94. The zero-order valence-corrected chi connectivity index (χ0v) is 24.2. The molecule has 0 radical (unpaired) electrons. The second kappa shape index (κ2) is 13.8. The Hall–Kier alpha value is -4.91. The van der Waals surface area contributed by atoms with Crippen molar-refractivity contribution in [2.75, 3.05) is 38.0 Å². The van der Waals surface area contributed by atoms with Crippen LogP contribution >= 0.6 is 11.3 Å². The number of hydrogen-bond acceptors (Lipinski definition) is 9. The number of halogens is 1. The molecule has 0 saturated carbocycles. The summed E-state index contributed by atoms with van der Waals surface area (Å²) >= 11 is 1.45. The molecule has 43 heavy (non-hydrogen) atoms. The van der Waals surface area contributed by atoms with E-state index in [1.807, 2.05) is 24.4 Å². The summed E-state index contributed by atoms with van der Waals surface area (Å²) in [5.74, 6) is -0.755. The van der Waals surface area contributed by atoms with Crippen LogP contribution in [0.2, 0.25) is 0 Å². The van der Waals surface area contributed by atoms with Gasteiger partial charge >= 0.3 is 12.0 Å². The number of amides is 2. The van der Waals surface area contributed by atoms with E-state index in [1.54, 1.807) is 37.6 Å². The van der Waals surface area contributed by atoms with Crippen LogP contribution in [-0.4, -0.2) is 49.3 Å². The van der Waals surface area contributed by atoms with Crippen LogP contribution in [0.5, 0.6) is 11.5 Å². The molecule has 2 aromatic carbocycles. The first-order valence-corrected chi connectivity index (χ1v) is 14.0. The number of hydrogen-bond donors (Lipinski definition) is 3. The number of pyridine rings is 2. The highest BCUT2D eigenvalue weighted by atomic mass is 32.1. The van der Waals surface area contributed by atoms with E-state index in [-0.39, 0.29) is 17.0 Å². The molecule has 3 aromatic heterocycles. The normalized spacial score (nSPS) is 10.9. The lowest BCUT2D eigenvalue weighted by Crippen LogP contribution is -2.19. The first-order valence-electron chi connectivity index (χ1n) is 13.2. The standard InChI is InChI=1S/C31H28FN5O5S/c1-40-13-12-33-17-19-6-8-24(35-18-19)28-16-25-29(43-28)27(10-11-34-25)42-26-9-7-22(15-23(26)32)37-31(39)36-21-5-3-4-20(14-21)30(38)41-2/h3-11,14-16,18,33H,12-13,17H2,1-2H3,(H2,36,37,39). The van der Waals surface area contributed by atoms with Gasteiger partial charge in [-0.2, -0.15) is 0 Å². The predicted octanol–water partition coefficient (Wildman–Crippen LogP) is 6.46. The number of aromatic nitrogens is 2. The summed E-state index contributed by atoms with van der Waals surface area (Å²) in [5.41, 5.74) is 3.43. The van der Waals surface area contributed by atoms with E-state index in [0.29, 0.717) is 30.1 Å². The smallest absolute Gasteiger partial charge is 0.337 e. The molecule has 0 aliphatic rings. The minimum Gasteiger partial charge on any atom is -0.465 e. The number of methoxy groups -OCH3 is 2. The van der Waals surface area contributed by atoms with Crippen LogP contribution < -0.4 is 20.7 Å². The molecule has 10 nitrogen and oxygen atoms in total. The molecule has 0 atom stereocenters. The number of benzene rings is 2. The van der Waals surface area contributed by atoms with Gasteiger partial charge in [0.2, 0.25) is 0 Å². The third kappa shape index (κ3) is 7.49. The fourth-order valence-electron chi connectivity index (χ4n) is 4.12. The molecule has 0 fully saturated rings. The maximum Gasteiger partial charge on any atom is 0.337 e. The highest BCUT2D eigenvalue weighted by Gasteiger charge is 2.15. The van der Waals surface area contributed by atoms with Gasteiger partial charge in [-0.05, 0) is 48.0 Å². The van der Waals surface area contributed by atoms with Gasteiger partial charge in [-0.25, -0.2) is 14.0 Å². The highest BCUT2D eigenvalue weighted by Crippen LogP contribution is 2.39. The Kier molecular flexibility index (Phi) is 9.52. The molecular weight excluding hydrogens is 573 g/mol. The van der Waals surface area contributed by atoms with E-state index in [0.717, 1.165) is 33.4 Å². The van der Waals surface area contributed by atoms with Gasteiger partial charge in [0.25, 0.3) is 0 Å². The van der Waals surface area contributed by atoms with Gasteiger partial charge in [-0.15, -0.1) is 11.3 Å². The minimum absolute atomic E-state index is 0.0114. The molecule has 0 aliphatic carbocycles. The third-order valence-corrected chi connectivity index (χ3v) is 7.38. The fourth-order valence-corrected chi connectivity index (χ4v) is 5.16. The predicted molar refractivity (Wildman–Crippen MR) is 163 cm³/mol. The molecule has 0 unspecified atom stereocenters. The van der Waals surface area contributed by atoms with Crippen molar-refractivity contribution in [2.45, 2.75) is 6.54 Å².